The quantitative estimate of drug-likeness (QED) is 0.248. The first-order chi connectivity index (χ1) is 8.91. The maximum atomic E-state index is 11.2. The minimum absolute atomic E-state index is 0.0550. The third kappa shape index (κ3) is 15.2. The summed E-state index contributed by atoms with van der Waals surface area (Å²) in [5, 5.41) is 0. The molecule has 0 spiro atoms. The molecule has 0 bridgehead atoms. The van der Waals surface area contributed by atoms with Gasteiger partial charge in [-0.3, -0.25) is 4.57 Å². The van der Waals surface area contributed by atoms with E-state index in [0.717, 1.165) is 6.66 Å². The predicted molar refractivity (Wildman–Crippen MR) is 63.4 cm³/mol. The molecule has 0 aliphatic heterocycles. The second kappa shape index (κ2) is 9.02. The first kappa shape index (κ1) is 20.8. The number of phosphoric acid groups is 1. The van der Waals surface area contributed by atoms with Crippen molar-refractivity contribution in [2.45, 2.75) is 12.8 Å². The Labute approximate surface area is 119 Å². The SMILES string of the molecule is CP(=O)([O-])OCCCCSP(=O)([O-])OCOP(=O)([O-])[O-]. The monoisotopic (exact) mass is 370 g/mol. The molecule has 2 atom stereocenters. The standard InChI is InChI=1S/C6H17O10P3S/c1-17(7,8)14-4-2-3-5-20-19(12,13)16-6-15-18(9,10)11/h2-6H2,1H3,(H,7,8)(H,12,13)(H2,9,10,11)/p-4. The van der Waals surface area contributed by atoms with Crippen molar-refractivity contribution < 1.29 is 46.8 Å². The Morgan fingerprint density at radius 1 is 0.950 bits per heavy atom. The molecule has 0 rings (SSSR count). The largest absolute Gasteiger partial charge is 0.790 e. The number of phosphoric ester groups is 1. The molecule has 0 aromatic carbocycles. The molecule has 0 aliphatic rings. The molecule has 0 aromatic rings. The van der Waals surface area contributed by atoms with Crippen LogP contribution in [0.15, 0.2) is 0 Å². The maximum absolute atomic E-state index is 11.2. The number of hydrogen-bond donors (Lipinski definition) is 0. The van der Waals surface area contributed by atoms with Gasteiger partial charge in [0.05, 0.1) is 14.4 Å². The first-order valence-corrected chi connectivity index (χ1v) is 11.7. The van der Waals surface area contributed by atoms with Crippen LogP contribution in [0.25, 0.3) is 0 Å². The minimum atomic E-state index is -5.28. The van der Waals surface area contributed by atoms with Crippen LogP contribution in [0.1, 0.15) is 12.8 Å². The molecule has 2 unspecified atom stereocenters. The van der Waals surface area contributed by atoms with Crippen molar-refractivity contribution in [2.24, 2.45) is 0 Å². The van der Waals surface area contributed by atoms with E-state index in [4.69, 9.17) is 0 Å². The van der Waals surface area contributed by atoms with Gasteiger partial charge < -0.3 is 42.3 Å². The molecule has 122 valence electrons. The Kier molecular flexibility index (Phi) is 9.37. The summed E-state index contributed by atoms with van der Waals surface area (Å²) in [6, 6.07) is 0. The van der Waals surface area contributed by atoms with Crippen LogP contribution in [0.5, 0.6) is 0 Å². The van der Waals surface area contributed by atoms with Gasteiger partial charge in [-0.15, -0.1) is 0 Å². The zero-order valence-corrected chi connectivity index (χ0v) is 13.9. The molecule has 0 heterocycles. The van der Waals surface area contributed by atoms with Gasteiger partial charge >= 0.3 is 0 Å². The van der Waals surface area contributed by atoms with Gasteiger partial charge in [0.25, 0.3) is 0 Å². The average molecular weight is 370 g/mol. The van der Waals surface area contributed by atoms with Crippen LogP contribution in [-0.2, 0) is 27.3 Å². The van der Waals surface area contributed by atoms with E-state index in [2.05, 4.69) is 13.6 Å². The number of rotatable bonds is 11. The normalized spacial score (nSPS) is 18.4. The Hall–Kier alpha value is 0.760. The van der Waals surface area contributed by atoms with Gasteiger partial charge in [-0.2, -0.15) is 0 Å². The van der Waals surface area contributed by atoms with E-state index in [1.165, 1.54) is 0 Å². The van der Waals surface area contributed by atoms with Crippen LogP contribution < -0.4 is 19.6 Å². The van der Waals surface area contributed by atoms with Crippen LogP contribution >= 0.6 is 33.6 Å². The van der Waals surface area contributed by atoms with Gasteiger partial charge in [0.2, 0.25) is 0 Å². The van der Waals surface area contributed by atoms with Crippen molar-refractivity contribution in [1.82, 2.24) is 0 Å². The topological polar surface area (TPSA) is 171 Å². The minimum Gasteiger partial charge on any atom is -0.790 e. The molecule has 0 aromatic heterocycles. The highest BCUT2D eigenvalue weighted by Gasteiger charge is 2.09. The molecule has 0 saturated heterocycles. The molecule has 10 nitrogen and oxygen atoms in total. The van der Waals surface area contributed by atoms with Crippen LogP contribution in [0.4, 0.5) is 0 Å². The molecular formula is C6H13O10P3S-4. The summed E-state index contributed by atoms with van der Waals surface area (Å²) in [5.74, 6) is 0.0867. The van der Waals surface area contributed by atoms with E-state index in [9.17, 15) is 33.3 Å². The van der Waals surface area contributed by atoms with Crippen molar-refractivity contribution in [3.05, 3.63) is 0 Å². The highest BCUT2D eigenvalue weighted by atomic mass is 32.7. The number of hydrogen-bond acceptors (Lipinski definition) is 11. The van der Waals surface area contributed by atoms with Crippen molar-refractivity contribution in [3.8, 4) is 0 Å². The summed E-state index contributed by atoms with van der Waals surface area (Å²) < 4.78 is 44.0. The third-order valence-corrected chi connectivity index (χ3v) is 5.63. The fraction of sp³-hybridized carbons (Fsp3) is 1.00. The third-order valence-electron chi connectivity index (χ3n) is 1.54. The summed E-state index contributed by atoms with van der Waals surface area (Å²) in [6.07, 6.45) is 0.655. The Morgan fingerprint density at radius 3 is 2.05 bits per heavy atom. The van der Waals surface area contributed by atoms with Gasteiger partial charge in [0.1, 0.15) is 7.60 Å². The van der Waals surface area contributed by atoms with Gasteiger partial charge in [-0.1, -0.05) is 11.4 Å². The fourth-order valence-electron chi connectivity index (χ4n) is 0.801. The van der Waals surface area contributed by atoms with Crippen molar-refractivity contribution in [2.75, 3.05) is 25.8 Å². The van der Waals surface area contributed by atoms with Gasteiger partial charge in [0, 0.05) is 12.4 Å². The van der Waals surface area contributed by atoms with Crippen LogP contribution in [-0.4, -0.2) is 25.8 Å². The number of unbranched alkanes of at least 4 members (excludes halogenated alkanes) is 1. The van der Waals surface area contributed by atoms with Gasteiger partial charge in [-0.05, 0) is 12.8 Å². The van der Waals surface area contributed by atoms with Gasteiger partial charge in [-0.25, -0.2) is 0 Å². The molecule has 14 heteroatoms. The Balaban J connectivity index is 3.70. The lowest BCUT2D eigenvalue weighted by molar-refractivity contribution is -0.345. The van der Waals surface area contributed by atoms with Crippen LogP contribution in [0.2, 0.25) is 0 Å². The van der Waals surface area contributed by atoms with E-state index >= 15 is 0 Å². The highest BCUT2D eigenvalue weighted by molar-refractivity contribution is 8.54. The van der Waals surface area contributed by atoms with E-state index in [1.54, 1.807) is 0 Å². The van der Waals surface area contributed by atoms with Crippen molar-refractivity contribution >= 4 is 33.6 Å². The van der Waals surface area contributed by atoms with Crippen LogP contribution in [0, 0.1) is 0 Å². The lowest BCUT2D eigenvalue weighted by Gasteiger charge is -2.30. The first-order valence-electron chi connectivity index (χ1n) is 5.11. The fourth-order valence-corrected chi connectivity index (χ4v) is 3.75. The summed E-state index contributed by atoms with van der Waals surface area (Å²) >= 11 is 0.388. The molecule has 0 amide bonds. The lowest BCUT2D eigenvalue weighted by Crippen LogP contribution is -2.18. The van der Waals surface area contributed by atoms with E-state index in [0.29, 0.717) is 24.2 Å². The molecular weight excluding hydrogens is 357 g/mol. The molecule has 0 saturated carbocycles. The summed E-state index contributed by atoms with van der Waals surface area (Å²) in [7, 11) is -9.05. The summed E-state index contributed by atoms with van der Waals surface area (Å²) in [6.45, 7) is -4.70. The van der Waals surface area contributed by atoms with Gasteiger partial charge in [0.15, 0.2) is 13.6 Å². The highest BCUT2D eigenvalue weighted by Crippen LogP contribution is 2.52. The zero-order valence-electron chi connectivity index (χ0n) is 10.4. The van der Waals surface area contributed by atoms with E-state index in [1.807, 2.05) is 0 Å². The van der Waals surface area contributed by atoms with Crippen molar-refractivity contribution in [3.63, 3.8) is 0 Å². The van der Waals surface area contributed by atoms with Crippen molar-refractivity contribution in [1.29, 1.82) is 0 Å². The maximum Gasteiger partial charge on any atom is 0.194 e. The molecule has 0 aliphatic carbocycles. The molecule has 0 N–H and O–H groups in total. The lowest BCUT2D eigenvalue weighted by atomic mass is 10.4. The second-order valence-corrected chi connectivity index (χ2v) is 10.3. The second-order valence-electron chi connectivity index (χ2n) is 3.42. The predicted octanol–water partition coefficient (Wildman–Crippen LogP) is -1.01. The van der Waals surface area contributed by atoms with E-state index < -0.39 is 29.0 Å². The summed E-state index contributed by atoms with van der Waals surface area (Å²) in [4.78, 5) is 41.9. The Morgan fingerprint density at radius 2 is 1.55 bits per heavy atom. The van der Waals surface area contributed by atoms with E-state index in [-0.39, 0.29) is 12.4 Å². The summed E-state index contributed by atoms with van der Waals surface area (Å²) in [5.41, 5.74) is 0. The zero-order chi connectivity index (χ0) is 15.9. The molecule has 0 radical (unpaired) electrons. The Bertz CT molecular complexity index is 415. The smallest absolute Gasteiger partial charge is 0.194 e. The molecule has 0 fully saturated rings. The average Bonchev–Trinajstić information content (AvgIpc) is 2.19. The molecule has 20 heavy (non-hydrogen) atoms. The van der Waals surface area contributed by atoms with Crippen LogP contribution in [0.3, 0.4) is 0 Å².